The second-order valence-corrected chi connectivity index (χ2v) is 5.93. The van der Waals surface area contributed by atoms with Crippen molar-refractivity contribution in [2.75, 3.05) is 37.7 Å². The van der Waals surface area contributed by atoms with Gasteiger partial charge in [-0.1, -0.05) is 6.07 Å². The van der Waals surface area contributed by atoms with Crippen molar-refractivity contribution in [3.05, 3.63) is 58.6 Å². The monoisotopic (exact) mass is 357 g/mol. The molecule has 1 aliphatic rings. The Morgan fingerprint density at radius 1 is 1.12 bits per heavy atom. The molecule has 3 rings (SSSR count). The Balaban J connectivity index is 1.51. The lowest BCUT2D eigenvalue weighted by Crippen LogP contribution is -2.50. The van der Waals surface area contributed by atoms with Crippen LogP contribution in [0, 0.1) is 10.1 Å². The molecule has 0 saturated carbocycles. The predicted octanol–water partition coefficient (Wildman–Crippen LogP) is 2.03. The number of aromatic hydroxyl groups is 1. The van der Waals surface area contributed by atoms with Crippen molar-refractivity contribution >= 4 is 17.3 Å². The van der Waals surface area contributed by atoms with Gasteiger partial charge in [0.25, 0.3) is 11.6 Å². The first-order valence-electron chi connectivity index (χ1n) is 8.22. The summed E-state index contributed by atoms with van der Waals surface area (Å²) in [5.74, 6) is 0.545. The van der Waals surface area contributed by atoms with E-state index in [9.17, 15) is 20.0 Å². The summed E-state index contributed by atoms with van der Waals surface area (Å²) in [5, 5.41) is 20.1. The first-order chi connectivity index (χ1) is 12.5. The molecule has 0 radical (unpaired) electrons. The van der Waals surface area contributed by atoms with Gasteiger partial charge in [0.1, 0.15) is 11.5 Å². The Morgan fingerprint density at radius 3 is 2.46 bits per heavy atom. The first kappa shape index (κ1) is 17.5. The van der Waals surface area contributed by atoms with Crippen molar-refractivity contribution in [1.29, 1.82) is 0 Å². The largest absolute Gasteiger partial charge is 0.508 e. The molecule has 1 N–H and O–H groups in total. The van der Waals surface area contributed by atoms with E-state index in [-0.39, 0.29) is 24.0 Å². The van der Waals surface area contributed by atoms with Gasteiger partial charge < -0.3 is 19.6 Å². The van der Waals surface area contributed by atoms with Crippen LogP contribution in [-0.2, 0) is 4.79 Å². The number of phenolic OH excluding ortho intramolecular Hbond substituents is 1. The van der Waals surface area contributed by atoms with Crippen LogP contribution in [0.25, 0.3) is 0 Å². The summed E-state index contributed by atoms with van der Waals surface area (Å²) in [6.07, 6.45) is 0. The van der Waals surface area contributed by atoms with Crippen LogP contribution in [0.3, 0.4) is 0 Å². The van der Waals surface area contributed by atoms with Crippen LogP contribution in [0.15, 0.2) is 48.5 Å². The highest BCUT2D eigenvalue weighted by molar-refractivity contribution is 5.78. The van der Waals surface area contributed by atoms with Gasteiger partial charge in [-0.3, -0.25) is 14.9 Å². The standard InChI is InChI=1S/C18H19N3O5/c22-16-4-6-17(7-5-16)26-13-18(23)20-10-8-19(9-11-20)14-2-1-3-15(12-14)21(24)25/h1-7,12,22H,8-11,13H2. The van der Waals surface area contributed by atoms with Crippen LogP contribution in [0.1, 0.15) is 0 Å². The van der Waals surface area contributed by atoms with E-state index in [1.54, 1.807) is 29.2 Å². The second kappa shape index (κ2) is 7.73. The molecule has 0 aromatic heterocycles. The number of anilines is 1. The van der Waals surface area contributed by atoms with Gasteiger partial charge >= 0.3 is 0 Å². The van der Waals surface area contributed by atoms with Crippen molar-refractivity contribution in [2.45, 2.75) is 0 Å². The lowest BCUT2D eigenvalue weighted by Gasteiger charge is -2.36. The molecule has 0 bridgehead atoms. The Bertz CT molecular complexity index is 786. The van der Waals surface area contributed by atoms with Gasteiger partial charge in [0.05, 0.1) is 4.92 Å². The van der Waals surface area contributed by atoms with E-state index in [1.165, 1.54) is 18.2 Å². The normalized spacial score (nSPS) is 14.2. The molecule has 1 fully saturated rings. The summed E-state index contributed by atoms with van der Waals surface area (Å²) in [6, 6.07) is 12.7. The minimum absolute atomic E-state index is 0.0586. The van der Waals surface area contributed by atoms with Crippen molar-refractivity contribution in [1.82, 2.24) is 4.90 Å². The van der Waals surface area contributed by atoms with Crippen molar-refractivity contribution in [3.63, 3.8) is 0 Å². The summed E-state index contributed by atoms with van der Waals surface area (Å²) in [4.78, 5) is 26.5. The van der Waals surface area contributed by atoms with E-state index in [1.807, 2.05) is 11.0 Å². The van der Waals surface area contributed by atoms with E-state index in [2.05, 4.69) is 0 Å². The average Bonchev–Trinajstić information content (AvgIpc) is 2.67. The fourth-order valence-electron chi connectivity index (χ4n) is 2.80. The molecule has 2 aromatic rings. The van der Waals surface area contributed by atoms with Crippen LogP contribution in [0.4, 0.5) is 11.4 Å². The zero-order valence-electron chi connectivity index (χ0n) is 14.1. The first-order valence-corrected chi connectivity index (χ1v) is 8.22. The molecule has 8 heteroatoms. The number of nitrogens with zero attached hydrogens (tertiary/aromatic N) is 3. The molecule has 8 nitrogen and oxygen atoms in total. The van der Waals surface area contributed by atoms with Crippen LogP contribution in [-0.4, -0.2) is 53.6 Å². The fourth-order valence-corrected chi connectivity index (χ4v) is 2.80. The molecule has 1 amide bonds. The number of amides is 1. The van der Waals surface area contributed by atoms with Crippen molar-refractivity contribution < 1.29 is 19.6 Å². The Morgan fingerprint density at radius 2 is 1.81 bits per heavy atom. The molecule has 1 aliphatic heterocycles. The smallest absolute Gasteiger partial charge is 0.271 e. The van der Waals surface area contributed by atoms with E-state index < -0.39 is 4.92 Å². The number of hydrogen-bond donors (Lipinski definition) is 1. The van der Waals surface area contributed by atoms with Crippen molar-refractivity contribution in [2.24, 2.45) is 0 Å². The van der Waals surface area contributed by atoms with Gasteiger partial charge in [-0.15, -0.1) is 0 Å². The molecule has 0 aliphatic carbocycles. The molecule has 0 spiro atoms. The molecule has 2 aromatic carbocycles. The molecule has 1 heterocycles. The Kier molecular flexibility index (Phi) is 5.21. The fraction of sp³-hybridized carbons (Fsp3) is 0.278. The predicted molar refractivity (Wildman–Crippen MR) is 95.5 cm³/mol. The van der Waals surface area contributed by atoms with Gasteiger partial charge in [-0.25, -0.2) is 0 Å². The average molecular weight is 357 g/mol. The third-order valence-corrected chi connectivity index (χ3v) is 4.24. The number of nitro groups is 1. The number of hydrogen-bond acceptors (Lipinski definition) is 6. The van der Waals surface area contributed by atoms with Gasteiger partial charge in [0.2, 0.25) is 0 Å². The summed E-state index contributed by atoms with van der Waals surface area (Å²) in [6.45, 7) is 2.20. The summed E-state index contributed by atoms with van der Waals surface area (Å²) in [5.41, 5.74) is 0.843. The lowest BCUT2D eigenvalue weighted by molar-refractivity contribution is -0.384. The topological polar surface area (TPSA) is 96.2 Å². The number of benzene rings is 2. The molecule has 26 heavy (non-hydrogen) atoms. The molecule has 136 valence electrons. The minimum atomic E-state index is -0.413. The summed E-state index contributed by atoms with van der Waals surface area (Å²) >= 11 is 0. The third-order valence-electron chi connectivity index (χ3n) is 4.24. The van der Waals surface area contributed by atoms with Crippen LogP contribution in [0.5, 0.6) is 11.5 Å². The van der Waals surface area contributed by atoms with Crippen LogP contribution in [0.2, 0.25) is 0 Å². The van der Waals surface area contributed by atoms with Crippen LogP contribution >= 0.6 is 0 Å². The number of non-ortho nitro benzene ring substituents is 1. The van der Waals surface area contributed by atoms with Crippen molar-refractivity contribution in [3.8, 4) is 11.5 Å². The highest BCUT2D eigenvalue weighted by Gasteiger charge is 2.22. The van der Waals surface area contributed by atoms with Gasteiger partial charge in [-0.05, 0) is 30.3 Å². The maximum Gasteiger partial charge on any atom is 0.271 e. The molecular formula is C18H19N3O5. The number of ether oxygens (including phenoxy) is 1. The Labute approximate surface area is 150 Å². The molecule has 0 unspecified atom stereocenters. The van der Waals surface area contributed by atoms with Gasteiger partial charge in [0.15, 0.2) is 6.61 Å². The van der Waals surface area contributed by atoms with Crippen LogP contribution < -0.4 is 9.64 Å². The maximum absolute atomic E-state index is 12.3. The van der Waals surface area contributed by atoms with E-state index in [0.29, 0.717) is 31.9 Å². The SMILES string of the molecule is O=C(COc1ccc(O)cc1)N1CCN(c2cccc([N+](=O)[O-])c2)CC1. The second-order valence-electron chi connectivity index (χ2n) is 5.93. The lowest BCUT2D eigenvalue weighted by atomic mass is 10.2. The quantitative estimate of drug-likeness (QED) is 0.650. The third kappa shape index (κ3) is 4.21. The van der Waals surface area contributed by atoms with Gasteiger partial charge in [0, 0.05) is 44.0 Å². The summed E-state index contributed by atoms with van der Waals surface area (Å²) in [7, 11) is 0. The number of phenols is 1. The molecule has 0 atom stereocenters. The number of carbonyl (C=O) groups excluding carboxylic acids is 1. The maximum atomic E-state index is 12.3. The van der Waals surface area contributed by atoms with E-state index in [4.69, 9.17) is 4.74 Å². The number of nitro benzene ring substituents is 1. The van der Waals surface area contributed by atoms with E-state index >= 15 is 0 Å². The number of carbonyl (C=O) groups is 1. The zero-order valence-corrected chi connectivity index (χ0v) is 14.1. The number of rotatable bonds is 5. The molecule has 1 saturated heterocycles. The number of piperazine rings is 1. The highest BCUT2D eigenvalue weighted by atomic mass is 16.6. The Hall–Kier alpha value is -3.29. The summed E-state index contributed by atoms with van der Waals surface area (Å²) < 4.78 is 5.44. The highest BCUT2D eigenvalue weighted by Crippen LogP contribution is 2.22. The van der Waals surface area contributed by atoms with E-state index in [0.717, 1.165) is 5.69 Å². The minimum Gasteiger partial charge on any atom is -0.508 e. The van der Waals surface area contributed by atoms with Gasteiger partial charge in [-0.2, -0.15) is 0 Å². The zero-order chi connectivity index (χ0) is 18.5. The molecular weight excluding hydrogens is 338 g/mol.